The van der Waals surface area contributed by atoms with Crippen LogP contribution in [-0.2, 0) is 31.8 Å². The summed E-state index contributed by atoms with van der Waals surface area (Å²) >= 11 is 0. The Morgan fingerprint density at radius 2 is 1.29 bits per heavy atom. The number of fused-ring (bicyclic) bond motifs is 1. The summed E-state index contributed by atoms with van der Waals surface area (Å²) in [6, 6.07) is 16.4. The van der Waals surface area contributed by atoms with E-state index in [2.05, 4.69) is 38.1 Å². The first kappa shape index (κ1) is 26.0. The van der Waals surface area contributed by atoms with Crippen molar-refractivity contribution in [3.05, 3.63) is 82.9 Å². The molecule has 0 saturated carbocycles. The van der Waals surface area contributed by atoms with Gasteiger partial charge in [0.2, 0.25) is 0 Å². The average Bonchev–Trinajstić information content (AvgIpc) is 2.89. The summed E-state index contributed by atoms with van der Waals surface area (Å²) in [5.41, 5.74) is 4.26. The van der Waals surface area contributed by atoms with Crippen LogP contribution in [0.2, 0.25) is 0 Å². The fourth-order valence-electron chi connectivity index (χ4n) is 4.81. The van der Waals surface area contributed by atoms with Crippen molar-refractivity contribution in [3.63, 3.8) is 0 Å². The first-order chi connectivity index (χ1) is 17.1. The van der Waals surface area contributed by atoms with Crippen LogP contribution in [0.4, 0.5) is 0 Å². The molecule has 2 aromatic carbocycles. The Morgan fingerprint density at radius 1 is 0.771 bits per heavy atom. The van der Waals surface area contributed by atoms with E-state index in [9.17, 15) is 10.2 Å². The van der Waals surface area contributed by atoms with Gasteiger partial charge in [-0.15, -0.1) is 0 Å². The van der Waals surface area contributed by atoms with Crippen LogP contribution in [0.3, 0.4) is 0 Å². The fourth-order valence-corrected chi connectivity index (χ4v) is 4.81. The maximum atomic E-state index is 10.7. The highest BCUT2D eigenvalue weighted by Gasteiger charge is 2.51. The normalized spacial score (nSPS) is 29.7. The summed E-state index contributed by atoms with van der Waals surface area (Å²) in [5.74, 6) is 0. The molecule has 2 heterocycles. The first-order valence-corrected chi connectivity index (χ1v) is 12.8. The Morgan fingerprint density at radius 3 is 1.77 bits per heavy atom. The largest absolute Gasteiger partial charge is 0.394 e. The lowest BCUT2D eigenvalue weighted by molar-refractivity contribution is -0.385. The minimum absolute atomic E-state index is 0.404. The third-order valence-corrected chi connectivity index (χ3v) is 6.62. The molecular formula is C29H38O6. The molecule has 0 aromatic heterocycles. The van der Waals surface area contributed by atoms with Crippen LogP contribution in [0.5, 0.6) is 0 Å². The van der Waals surface area contributed by atoms with E-state index in [1.807, 2.05) is 43.3 Å². The summed E-state index contributed by atoms with van der Waals surface area (Å²) in [4.78, 5) is 0. The van der Waals surface area contributed by atoms with Gasteiger partial charge in [-0.3, -0.25) is 0 Å². The predicted octanol–water partition coefficient (Wildman–Crippen LogP) is 4.79. The quantitative estimate of drug-likeness (QED) is 0.501. The van der Waals surface area contributed by atoms with Crippen LogP contribution in [0, 0.1) is 0 Å². The van der Waals surface area contributed by atoms with E-state index >= 15 is 0 Å². The molecule has 2 fully saturated rings. The van der Waals surface area contributed by atoms with Crippen molar-refractivity contribution >= 4 is 0 Å². The lowest BCUT2D eigenvalue weighted by atomic mass is 9.94. The van der Waals surface area contributed by atoms with Gasteiger partial charge in [0.1, 0.15) is 30.5 Å². The Kier molecular flexibility index (Phi) is 9.11. The summed E-state index contributed by atoms with van der Waals surface area (Å²) in [6.45, 7) is 5.81. The number of aliphatic hydroxyl groups excluding tert-OH is 2. The van der Waals surface area contributed by atoms with E-state index in [1.165, 1.54) is 11.1 Å². The van der Waals surface area contributed by atoms with Crippen molar-refractivity contribution in [2.75, 3.05) is 6.61 Å². The summed E-state index contributed by atoms with van der Waals surface area (Å²) in [5, 5.41) is 20.5. The molecule has 2 aromatic rings. The minimum Gasteiger partial charge on any atom is -0.394 e. The van der Waals surface area contributed by atoms with Crippen molar-refractivity contribution in [3.8, 4) is 0 Å². The van der Waals surface area contributed by atoms with Crippen LogP contribution in [0.15, 0.2) is 60.7 Å². The highest BCUT2D eigenvalue weighted by atomic mass is 16.8. The molecule has 4 rings (SSSR count). The molecule has 2 N–H and O–H groups in total. The molecule has 190 valence electrons. The molecular weight excluding hydrogens is 444 g/mol. The molecule has 2 aliphatic rings. The van der Waals surface area contributed by atoms with Crippen molar-refractivity contribution in [1.82, 2.24) is 0 Å². The number of aryl methyl sites for hydroxylation is 2. The van der Waals surface area contributed by atoms with Crippen LogP contribution < -0.4 is 0 Å². The molecule has 6 nitrogen and oxygen atoms in total. The van der Waals surface area contributed by atoms with Crippen LogP contribution in [-0.4, -0.2) is 47.3 Å². The zero-order valence-corrected chi connectivity index (χ0v) is 20.9. The third-order valence-electron chi connectivity index (χ3n) is 6.62. The highest BCUT2D eigenvalue weighted by molar-refractivity contribution is 5.26. The number of aliphatic hydroxyl groups is 2. The third kappa shape index (κ3) is 6.02. The Balaban J connectivity index is 1.60. The van der Waals surface area contributed by atoms with Gasteiger partial charge in [0, 0.05) is 11.1 Å². The van der Waals surface area contributed by atoms with Gasteiger partial charge in [-0.1, -0.05) is 87.4 Å². The Bertz CT molecular complexity index is 941. The fraction of sp³-hybridized carbons (Fsp3) is 0.517. The molecule has 6 heteroatoms. The van der Waals surface area contributed by atoms with Crippen LogP contribution in [0.1, 0.15) is 68.4 Å². The summed E-state index contributed by atoms with van der Waals surface area (Å²) < 4.78 is 25.3. The van der Waals surface area contributed by atoms with Crippen molar-refractivity contribution in [2.45, 2.75) is 89.6 Å². The highest BCUT2D eigenvalue weighted by Crippen LogP contribution is 2.42. The standard InChI is InChI=1S/C29H38O6/c1-4-7-19-10-14-21(15-11-19)28-32-24(9-6-3)26-27(35-28)25(23(31)18-30)33-29(34-26)22-16-12-20(8-5-2)13-17-22/h6,9-17,23-31H,4-5,7-8,18H2,1-3H3/b9-6+. The van der Waals surface area contributed by atoms with E-state index in [0.717, 1.165) is 36.8 Å². The molecule has 7 unspecified atom stereocenters. The van der Waals surface area contributed by atoms with Gasteiger partial charge in [-0.25, -0.2) is 0 Å². The SMILES string of the molecule is C/C=C/C1OC(c2ccc(CCC)cc2)OC2C(C(O)CO)OC(c3ccc(CCC)cc3)OC12. The Hall–Kier alpha value is -2.06. The van der Waals surface area contributed by atoms with Crippen LogP contribution in [0.25, 0.3) is 0 Å². The predicted molar refractivity (Wildman–Crippen MR) is 134 cm³/mol. The topological polar surface area (TPSA) is 77.4 Å². The first-order valence-electron chi connectivity index (χ1n) is 12.8. The van der Waals surface area contributed by atoms with Gasteiger partial charge in [-0.05, 0) is 30.9 Å². The molecule has 2 aliphatic heterocycles. The number of hydrogen-bond acceptors (Lipinski definition) is 6. The van der Waals surface area contributed by atoms with Gasteiger partial charge < -0.3 is 29.2 Å². The summed E-state index contributed by atoms with van der Waals surface area (Å²) in [7, 11) is 0. The molecule has 0 spiro atoms. The number of benzene rings is 2. The van der Waals surface area contributed by atoms with E-state index in [-0.39, 0.29) is 0 Å². The van der Waals surface area contributed by atoms with E-state index in [1.54, 1.807) is 0 Å². The molecule has 35 heavy (non-hydrogen) atoms. The second-order valence-electron chi connectivity index (χ2n) is 9.33. The van der Waals surface area contributed by atoms with Gasteiger partial charge in [-0.2, -0.15) is 0 Å². The van der Waals surface area contributed by atoms with Gasteiger partial charge in [0.25, 0.3) is 0 Å². The lowest BCUT2D eigenvalue weighted by Crippen LogP contribution is -2.61. The van der Waals surface area contributed by atoms with Gasteiger partial charge in [0.15, 0.2) is 12.6 Å². The Labute approximate surface area is 208 Å². The van der Waals surface area contributed by atoms with Crippen molar-refractivity contribution < 1.29 is 29.2 Å². The smallest absolute Gasteiger partial charge is 0.185 e. The number of ether oxygens (including phenoxy) is 4. The molecule has 0 radical (unpaired) electrons. The van der Waals surface area contributed by atoms with E-state index < -0.39 is 49.7 Å². The number of rotatable bonds is 9. The zero-order chi connectivity index (χ0) is 24.8. The minimum atomic E-state index is -1.12. The monoisotopic (exact) mass is 482 g/mol. The van der Waals surface area contributed by atoms with Crippen molar-refractivity contribution in [2.24, 2.45) is 0 Å². The molecule has 0 amide bonds. The molecule has 0 bridgehead atoms. The molecule has 0 aliphatic carbocycles. The second-order valence-corrected chi connectivity index (χ2v) is 9.33. The molecule has 2 saturated heterocycles. The number of hydrogen-bond donors (Lipinski definition) is 2. The van der Waals surface area contributed by atoms with E-state index in [4.69, 9.17) is 18.9 Å². The lowest BCUT2D eigenvalue weighted by Gasteiger charge is -2.49. The summed E-state index contributed by atoms with van der Waals surface area (Å²) in [6.07, 6.45) is 3.29. The maximum Gasteiger partial charge on any atom is 0.185 e. The zero-order valence-electron chi connectivity index (χ0n) is 20.9. The van der Waals surface area contributed by atoms with Gasteiger partial charge in [0.05, 0.1) is 6.61 Å². The van der Waals surface area contributed by atoms with Gasteiger partial charge >= 0.3 is 0 Å². The van der Waals surface area contributed by atoms with E-state index in [0.29, 0.717) is 0 Å². The van der Waals surface area contributed by atoms with Crippen molar-refractivity contribution in [1.29, 1.82) is 0 Å². The second kappa shape index (κ2) is 12.3. The van der Waals surface area contributed by atoms with Crippen LogP contribution >= 0.6 is 0 Å². The molecule has 7 atom stereocenters. The maximum absolute atomic E-state index is 10.7. The number of allylic oxidation sites excluding steroid dienone is 1. The average molecular weight is 483 g/mol.